The number of likely N-dealkylation sites (tertiary alicyclic amines) is 2. The Morgan fingerprint density at radius 2 is 1.79 bits per heavy atom. The van der Waals surface area contributed by atoms with E-state index in [4.69, 9.17) is 0 Å². The van der Waals surface area contributed by atoms with Crippen LogP contribution in [0.15, 0.2) is 34.2 Å². The van der Waals surface area contributed by atoms with Crippen molar-refractivity contribution < 1.29 is 13.2 Å². The maximum atomic E-state index is 12.9. The summed E-state index contributed by atoms with van der Waals surface area (Å²) in [5.74, 6) is 1.02. The van der Waals surface area contributed by atoms with Crippen LogP contribution in [0.2, 0.25) is 0 Å². The Morgan fingerprint density at radius 3 is 2.41 bits per heavy atom. The zero-order valence-corrected chi connectivity index (χ0v) is 21.7. The van der Waals surface area contributed by atoms with Gasteiger partial charge in [-0.2, -0.15) is 8.42 Å². The van der Waals surface area contributed by atoms with Crippen LogP contribution < -0.4 is 5.32 Å². The van der Waals surface area contributed by atoms with Crippen molar-refractivity contribution >= 4 is 26.7 Å². The monoisotopic (exact) mass is 486 g/mol. The van der Waals surface area contributed by atoms with Crippen LogP contribution in [0.1, 0.15) is 70.4 Å². The molecular weight excluding hydrogens is 448 g/mol. The fraction of sp³-hybridized carbons (Fsp3) is 0.615. The van der Waals surface area contributed by atoms with Crippen molar-refractivity contribution in [1.82, 2.24) is 15.1 Å². The third kappa shape index (κ3) is 5.08. The fourth-order valence-electron chi connectivity index (χ4n) is 5.46. The first kappa shape index (κ1) is 24.9. The van der Waals surface area contributed by atoms with Crippen molar-refractivity contribution in [3.8, 4) is 0 Å². The second kappa shape index (κ2) is 10.2. The molecule has 4 rings (SSSR count). The molecule has 1 aromatic rings. The maximum absolute atomic E-state index is 12.9. The van der Waals surface area contributed by atoms with Gasteiger partial charge in [0.15, 0.2) is 0 Å². The van der Waals surface area contributed by atoms with E-state index < -0.39 is 10.0 Å². The van der Waals surface area contributed by atoms with Crippen molar-refractivity contribution in [3.05, 3.63) is 41.0 Å². The van der Waals surface area contributed by atoms with Crippen LogP contribution in [0.25, 0.3) is 4.91 Å². The highest BCUT2D eigenvalue weighted by molar-refractivity contribution is 8.00. The fourth-order valence-corrected chi connectivity index (χ4v) is 6.95. The second-order valence-corrected chi connectivity index (χ2v) is 11.6. The molecule has 1 unspecified atom stereocenters. The summed E-state index contributed by atoms with van der Waals surface area (Å²) < 4.78 is 30.0. The normalized spacial score (nSPS) is 23.6. The summed E-state index contributed by atoms with van der Waals surface area (Å²) in [6.07, 6.45) is 3.76. The Balaban J connectivity index is 1.38. The van der Waals surface area contributed by atoms with E-state index in [-0.39, 0.29) is 11.8 Å². The van der Waals surface area contributed by atoms with E-state index in [0.29, 0.717) is 59.8 Å². The smallest absolute Gasteiger partial charge is 0.285 e. The first-order valence-electron chi connectivity index (χ1n) is 12.6. The predicted molar refractivity (Wildman–Crippen MR) is 137 cm³/mol. The Bertz CT molecular complexity index is 1070. The average Bonchev–Trinajstić information content (AvgIpc) is 3.38. The lowest BCUT2D eigenvalue weighted by Gasteiger charge is -2.33. The number of hydrogen-bond acceptors (Lipinski definition) is 5. The van der Waals surface area contributed by atoms with Gasteiger partial charge in [-0.05, 0) is 62.7 Å². The first-order valence-corrected chi connectivity index (χ1v) is 14.1. The van der Waals surface area contributed by atoms with E-state index >= 15 is 0 Å². The number of rotatable bonds is 6. The molecule has 1 N–H and O–H groups in total. The lowest BCUT2D eigenvalue weighted by atomic mass is 9.95. The molecule has 34 heavy (non-hydrogen) atoms. The van der Waals surface area contributed by atoms with Crippen molar-refractivity contribution in [3.63, 3.8) is 0 Å². The van der Waals surface area contributed by atoms with E-state index in [9.17, 15) is 13.2 Å². The van der Waals surface area contributed by atoms with Gasteiger partial charge in [0.25, 0.3) is 10.0 Å². The lowest BCUT2D eigenvalue weighted by molar-refractivity contribution is -0.126. The number of nitrogens with one attached hydrogen (secondary N) is 1. The summed E-state index contributed by atoms with van der Waals surface area (Å²) in [6, 6.07) is 8.19. The van der Waals surface area contributed by atoms with Crippen LogP contribution in [-0.2, 0) is 14.8 Å². The van der Waals surface area contributed by atoms with Gasteiger partial charge in [0.2, 0.25) is 5.91 Å². The molecule has 3 aliphatic rings. The molecule has 2 saturated heterocycles. The molecule has 1 atom stereocenters. The summed E-state index contributed by atoms with van der Waals surface area (Å²) in [5, 5.41) is 3.17. The van der Waals surface area contributed by atoms with Gasteiger partial charge in [0.05, 0.1) is 0 Å². The van der Waals surface area contributed by atoms with Crippen molar-refractivity contribution in [1.29, 1.82) is 0 Å². The van der Waals surface area contributed by atoms with Crippen LogP contribution in [-0.4, -0.2) is 68.7 Å². The zero-order valence-electron chi connectivity index (χ0n) is 20.9. The Morgan fingerprint density at radius 1 is 1.12 bits per heavy atom. The molecule has 2 fully saturated rings. The van der Waals surface area contributed by atoms with E-state index in [2.05, 4.69) is 35.4 Å². The molecule has 7 nitrogen and oxygen atoms in total. The minimum absolute atomic E-state index is 0.0290. The molecule has 1 aromatic carbocycles. The van der Waals surface area contributed by atoms with Gasteiger partial charge in [-0.3, -0.25) is 9.69 Å². The molecule has 0 spiro atoms. The maximum Gasteiger partial charge on any atom is 0.285 e. The van der Waals surface area contributed by atoms with Gasteiger partial charge in [-0.25, -0.2) is 0 Å². The highest BCUT2D eigenvalue weighted by atomic mass is 32.2. The summed E-state index contributed by atoms with van der Waals surface area (Å²) in [4.78, 5) is 17.5. The van der Waals surface area contributed by atoms with E-state index in [1.54, 1.807) is 0 Å². The van der Waals surface area contributed by atoms with Gasteiger partial charge >= 0.3 is 0 Å². The largest absolute Gasteiger partial charge is 0.356 e. The number of sulfonamides is 1. The highest BCUT2D eigenvalue weighted by Crippen LogP contribution is 2.35. The third-order valence-corrected chi connectivity index (χ3v) is 9.03. The number of nitrogens with zero attached hydrogens (tertiary/aromatic N) is 3. The van der Waals surface area contributed by atoms with Gasteiger partial charge in [-0.15, -0.1) is 4.40 Å². The van der Waals surface area contributed by atoms with Gasteiger partial charge in [-0.1, -0.05) is 45.0 Å². The zero-order chi connectivity index (χ0) is 24.5. The molecular formula is C26H38N4O3S. The van der Waals surface area contributed by atoms with Crippen molar-refractivity contribution in [2.45, 2.75) is 65.3 Å². The Kier molecular flexibility index (Phi) is 7.48. The minimum Gasteiger partial charge on any atom is -0.356 e. The summed E-state index contributed by atoms with van der Waals surface area (Å²) in [6.45, 7) is 12.4. The number of amides is 1. The number of hydrogen-bond donors (Lipinski definition) is 1. The first-order chi connectivity index (χ1) is 16.2. The Hall–Kier alpha value is -2.19. The van der Waals surface area contributed by atoms with Gasteiger partial charge in [0.1, 0.15) is 10.7 Å². The molecule has 0 bridgehead atoms. The number of piperidine rings is 1. The van der Waals surface area contributed by atoms with Crippen LogP contribution in [0.4, 0.5) is 0 Å². The highest BCUT2D eigenvalue weighted by Gasteiger charge is 2.36. The molecule has 3 heterocycles. The average molecular weight is 487 g/mol. The van der Waals surface area contributed by atoms with E-state index in [0.717, 1.165) is 26.1 Å². The van der Waals surface area contributed by atoms with Crippen molar-refractivity contribution in [2.24, 2.45) is 10.3 Å². The topological polar surface area (TPSA) is 82.1 Å². The SMILES string of the molecule is CCN1CCCC1CNC(=O)C1CCN(C2=NS(=O)(=O)C(c3ccc(C(C)C)cc3)=C2C)CC1. The van der Waals surface area contributed by atoms with Crippen LogP contribution in [0.3, 0.4) is 0 Å². The molecule has 0 saturated carbocycles. The lowest BCUT2D eigenvalue weighted by Crippen LogP contribution is -2.46. The second-order valence-electron chi connectivity index (χ2n) is 10.1. The predicted octanol–water partition coefficient (Wildman–Crippen LogP) is 3.60. The molecule has 0 aliphatic carbocycles. The van der Waals surface area contributed by atoms with Crippen molar-refractivity contribution in [2.75, 3.05) is 32.7 Å². The quantitative estimate of drug-likeness (QED) is 0.665. The van der Waals surface area contributed by atoms with Crippen LogP contribution in [0, 0.1) is 5.92 Å². The molecule has 1 amide bonds. The van der Waals surface area contributed by atoms with Crippen LogP contribution >= 0.6 is 0 Å². The Labute approximate surface area is 204 Å². The third-order valence-electron chi connectivity index (χ3n) is 7.56. The summed E-state index contributed by atoms with van der Waals surface area (Å²) in [5.41, 5.74) is 2.55. The molecule has 0 aromatic heterocycles. The standard InChI is InChI=1S/C26H38N4O3S/c1-5-29-14-6-7-23(29)17-27-26(31)22-12-15-30(16-13-22)25-19(4)24(34(32,33)28-25)21-10-8-20(9-11-21)18(2)3/h8-11,18,22-23H,5-7,12-17H2,1-4H3,(H,27,31). The number of carbonyl (C=O) groups excluding carboxylic acids is 1. The van der Waals surface area contributed by atoms with Crippen LogP contribution in [0.5, 0.6) is 0 Å². The van der Waals surface area contributed by atoms with Gasteiger partial charge in [0, 0.05) is 37.2 Å². The molecule has 0 radical (unpaired) electrons. The number of likely N-dealkylation sites (N-methyl/N-ethyl adjacent to an activating group) is 1. The molecule has 3 aliphatic heterocycles. The van der Waals surface area contributed by atoms with E-state index in [1.807, 2.05) is 36.1 Å². The minimum atomic E-state index is -3.73. The number of carbonyl (C=O) groups is 1. The molecule has 8 heteroatoms. The number of benzene rings is 1. The van der Waals surface area contributed by atoms with Gasteiger partial charge < -0.3 is 10.2 Å². The molecule has 186 valence electrons. The number of amidine groups is 1. The summed E-state index contributed by atoms with van der Waals surface area (Å²) >= 11 is 0. The summed E-state index contributed by atoms with van der Waals surface area (Å²) in [7, 11) is -3.73. The van der Waals surface area contributed by atoms with E-state index in [1.165, 1.54) is 12.0 Å².